The molecule has 0 radical (unpaired) electrons. The van der Waals surface area contributed by atoms with Gasteiger partial charge in [-0.2, -0.15) is 0 Å². The van der Waals surface area contributed by atoms with Crippen molar-refractivity contribution in [3.63, 3.8) is 0 Å². The Balaban J connectivity index is 2.85. The van der Waals surface area contributed by atoms with Crippen LogP contribution < -0.4 is 0 Å². The van der Waals surface area contributed by atoms with Crippen molar-refractivity contribution in [1.29, 1.82) is 0 Å². The third kappa shape index (κ3) is 3.14. The number of rotatable bonds is 2. The largest absolute Gasteiger partial charge is 0.343 e. The predicted molar refractivity (Wildman–Crippen MR) is 82.1 cm³/mol. The zero-order valence-corrected chi connectivity index (χ0v) is 14.1. The number of piperidine rings is 1. The average Bonchev–Trinajstić information content (AvgIpc) is 2.26. The van der Waals surface area contributed by atoms with E-state index in [-0.39, 0.29) is 10.8 Å². The maximum absolute atomic E-state index is 12.0. The van der Waals surface area contributed by atoms with Gasteiger partial charge in [-0.3, -0.25) is 4.79 Å². The van der Waals surface area contributed by atoms with Crippen molar-refractivity contribution in [1.82, 2.24) is 4.90 Å². The third-order valence-electron chi connectivity index (χ3n) is 5.30. The Kier molecular flexibility index (Phi) is 4.75. The number of carbonyl (C=O) groups is 1. The van der Waals surface area contributed by atoms with E-state index in [1.807, 2.05) is 0 Å². The standard InChI is InChI=1S/C17H33NO/c1-8-9-14(19)18-12-10-17(11-13-18,15(2,3)4)16(5,6)7/h8-13H2,1-7H3. The lowest BCUT2D eigenvalue weighted by Gasteiger charge is -2.57. The Morgan fingerprint density at radius 1 is 1.00 bits per heavy atom. The van der Waals surface area contributed by atoms with Crippen LogP contribution in [0.3, 0.4) is 0 Å². The van der Waals surface area contributed by atoms with E-state index in [9.17, 15) is 4.79 Å². The fourth-order valence-corrected chi connectivity index (χ4v) is 4.13. The Labute approximate surface area is 119 Å². The number of nitrogens with zero attached hydrogens (tertiary/aromatic N) is 1. The smallest absolute Gasteiger partial charge is 0.222 e. The lowest BCUT2D eigenvalue weighted by molar-refractivity contribution is -0.140. The number of carbonyl (C=O) groups excluding carboxylic acids is 1. The minimum atomic E-state index is 0.283. The Bertz CT molecular complexity index is 295. The van der Waals surface area contributed by atoms with Gasteiger partial charge in [0.05, 0.1) is 0 Å². The van der Waals surface area contributed by atoms with E-state index < -0.39 is 0 Å². The van der Waals surface area contributed by atoms with Gasteiger partial charge in [-0.25, -0.2) is 0 Å². The van der Waals surface area contributed by atoms with Crippen molar-refractivity contribution < 1.29 is 4.79 Å². The molecule has 0 N–H and O–H groups in total. The molecule has 1 saturated heterocycles. The van der Waals surface area contributed by atoms with Crippen LogP contribution in [0.1, 0.15) is 74.1 Å². The summed E-state index contributed by atoms with van der Waals surface area (Å²) in [6.07, 6.45) is 3.93. The number of hydrogen-bond donors (Lipinski definition) is 0. The lowest BCUT2D eigenvalue weighted by Crippen LogP contribution is -2.54. The molecule has 1 fully saturated rings. The number of hydrogen-bond acceptors (Lipinski definition) is 1. The van der Waals surface area contributed by atoms with Crippen molar-refractivity contribution in [3.8, 4) is 0 Å². The monoisotopic (exact) mass is 267 g/mol. The van der Waals surface area contributed by atoms with Crippen LogP contribution in [0.15, 0.2) is 0 Å². The second kappa shape index (κ2) is 5.46. The van der Waals surface area contributed by atoms with Crippen LogP contribution >= 0.6 is 0 Å². The van der Waals surface area contributed by atoms with Gasteiger partial charge in [0.15, 0.2) is 0 Å². The highest BCUT2D eigenvalue weighted by atomic mass is 16.2. The summed E-state index contributed by atoms with van der Waals surface area (Å²) in [4.78, 5) is 14.1. The van der Waals surface area contributed by atoms with Gasteiger partial charge in [0.2, 0.25) is 5.91 Å². The van der Waals surface area contributed by atoms with Gasteiger partial charge in [-0.15, -0.1) is 0 Å². The molecule has 0 aromatic heterocycles. The first kappa shape index (κ1) is 16.5. The maximum atomic E-state index is 12.0. The zero-order chi connectivity index (χ0) is 14.9. The Morgan fingerprint density at radius 3 is 1.74 bits per heavy atom. The molecule has 1 heterocycles. The van der Waals surface area contributed by atoms with Crippen LogP contribution in [0.2, 0.25) is 0 Å². The van der Waals surface area contributed by atoms with Crippen LogP contribution in [0.5, 0.6) is 0 Å². The first-order chi connectivity index (χ1) is 8.55. The molecule has 19 heavy (non-hydrogen) atoms. The van der Waals surface area contributed by atoms with Crippen LogP contribution in [0.25, 0.3) is 0 Å². The normalized spacial score (nSPS) is 20.5. The van der Waals surface area contributed by atoms with E-state index in [1.165, 1.54) is 0 Å². The Morgan fingerprint density at radius 2 is 1.42 bits per heavy atom. The summed E-state index contributed by atoms with van der Waals surface area (Å²) in [5, 5.41) is 0. The molecular formula is C17H33NO. The lowest BCUT2D eigenvalue weighted by atomic mass is 9.50. The second-order valence-corrected chi connectivity index (χ2v) is 8.21. The third-order valence-corrected chi connectivity index (χ3v) is 5.30. The fraction of sp³-hybridized carbons (Fsp3) is 0.941. The zero-order valence-electron chi connectivity index (χ0n) is 14.1. The van der Waals surface area contributed by atoms with E-state index in [4.69, 9.17) is 0 Å². The summed E-state index contributed by atoms with van der Waals surface area (Å²) in [7, 11) is 0. The molecule has 1 amide bonds. The van der Waals surface area contributed by atoms with E-state index in [0.29, 0.717) is 17.7 Å². The highest BCUT2D eigenvalue weighted by molar-refractivity contribution is 5.76. The van der Waals surface area contributed by atoms with Crippen LogP contribution in [-0.2, 0) is 4.79 Å². The molecule has 0 atom stereocenters. The van der Waals surface area contributed by atoms with Crippen molar-refractivity contribution in [2.75, 3.05) is 13.1 Å². The first-order valence-corrected chi connectivity index (χ1v) is 7.83. The first-order valence-electron chi connectivity index (χ1n) is 7.83. The minimum absolute atomic E-state index is 0.283. The average molecular weight is 267 g/mol. The molecule has 1 aliphatic rings. The summed E-state index contributed by atoms with van der Waals surface area (Å²) < 4.78 is 0. The predicted octanol–water partition coefficient (Wildman–Crippen LogP) is 4.49. The van der Waals surface area contributed by atoms with E-state index in [1.54, 1.807) is 0 Å². The molecule has 0 spiro atoms. The molecule has 2 nitrogen and oxygen atoms in total. The summed E-state index contributed by atoms with van der Waals surface area (Å²) in [5.74, 6) is 0.346. The molecule has 0 unspecified atom stereocenters. The van der Waals surface area contributed by atoms with Gasteiger partial charge in [-0.1, -0.05) is 48.5 Å². The topological polar surface area (TPSA) is 20.3 Å². The molecule has 1 aliphatic heterocycles. The van der Waals surface area contributed by atoms with Crippen molar-refractivity contribution in [2.24, 2.45) is 16.2 Å². The van der Waals surface area contributed by atoms with Gasteiger partial charge in [0, 0.05) is 19.5 Å². The highest BCUT2D eigenvalue weighted by Crippen LogP contribution is 2.57. The van der Waals surface area contributed by atoms with Gasteiger partial charge < -0.3 is 4.90 Å². The van der Waals surface area contributed by atoms with E-state index in [0.717, 1.165) is 32.4 Å². The van der Waals surface area contributed by atoms with Crippen LogP contribution in [0, 0.1) is 16.2 Å². The SMILES string of the molecule is CCCC(=O)N1CCC(C(C)(C)C)(C(C)(C)C)CC1. The minimum Gasteiger partial charge on any atom is -0.343 e. The molecule has 112 valence electrons. The number of amides is 1. The van der Waals surface area contributed by atoms with Crippen molar-refractivity contribution >= 4 is 5.91 Å². The summed E-state index contributed by atoms with van der Waals surface area (Å²) >= 11 is 0. The molecular weight excluding hydrogens is 234 g/mol. The Hall–Kier alpha value is -0.530. The molecule has 0 aromatic rings. The molecule has 2 heteroatoms. The van der Waals surface area contributed by atoms with Crippen molar-refractivity contribution in [2.45, 2.75) is 74.1 Å². The van der Waals surface area contributed by atoms with Gasteiger partial charge in [0.1, 0.15) is 0 Å². The van der Waals surface area contributed by atoms with Crippen molar-refractivity contribution in [3.05, 3.63) is 0 Å². The molecule has 0 bridgehead atoms. The summed E-state index contributed by atoms with van der Waals surface area (Å²) in [6.45, 7) is 18.1. The highest BCUT2D eigenvalue weighted by Gasteiger charge is 2.51. The van der Waals surface area contributed by atoms with Crippen LogP contribution in [0.4, 0.5) is 0 Å². The van der Waals surface area contributed by atoms with Gasteiger partial charge in [-0.05, 0) is 35.5 Å². The quantitative estimate of drug-likeness (QED) is 0.722. The van der Waals surface area contributed by atoms with E-state index >= 15 is 0 Å². The van der Waals surface area contributed by atoms with E-state index in [2.05, 4.69) is 53.4 Å². The molecule has 1 rings (SSSR count). The summed E-state index contributed by atoms with van der Waals surface area (Å²) in [5.41, 5.74) is 0.888. The van der Waals surface area contributed by atoms with Crippen LogP contribution in [-0.4, -0.2) is 23.9 Å². The summed E-state index contributed by atoms with van der Waals surface area (Å²) in [6, 6.07) is 0. The van der Waals surface area contributed by atoms with Gasteiger partial charge >= 0.3 is 0 Å². The maximum Gasteiger partial charge on any atom is 0.222 e. The number of likely N-dealkylation sites (tertiary alicyclic amines) is 1. The second-order valence-electron chi connectivity index (χ2n) is 8.21. The fourth-order valence-electron chi connectivity index (χ4n) is 4.13. The molecule has 0 saturated carbocycles. The van der Waals surface area contributed by atoms with Gasteiger partial charge in [0.25, 0.3) is 0 Å². The molecule has 0 aromatic carbocycles. The molecule has 0 aliphatic carbocycles.